The fourth-order valence-corrected chi connectivity index (χ4v) is 2.97. The van der Waals surface area contributed by atoms with Gasteiger partial charge in [0, 0.05) is 24.2 Å². The summed E-state index contributed by atoms with van der Waals surface area (Å²) >= 11 is 1.60. The summed E-state index contributed by atoms with van der Waals surface area (Å²) in [6, 6.07) is 7.66. The fourth-order valence-electron chi connectivity index (χ4n) is 2.17. The molecule has 0 saturated carbocycles. The van der Waals surface area contributed by atoms with Gasteiger partial charge in [0.1, 0.15) is 5.76 Å². The van der Waals surface area contributed by atoms with E-state index in [0.717, 1.165) is 29.3 Å². The van der Waals surface area contributed by atoms with Crippen LogP contribution in [0.2, 0.25) is 0 Å². The van der Waals surface area contributed by atoms with Gasteiger partial charge >= 0.3 is 0 Å². The molecule has 0 radical (unpaired) electrons. The standard InChI is InChI=1S/C17H17N3O2S/c21-16(19-11-15-2-1-9-22-15)10-14-12-23-17(20-14)4-3-13-5-7-18-8-6-13/h1-2,5-9,12H,3-4,10-11H2,(H,19,21). The molecule has 0 aliphatic rings. The first-order chi connectivity index (χ1) is 11.3. The van der Waals surface area contributed by atoms with Crippen LogP contribution in [0.4, 0.5) is 0 Å². The molecule has 3 aromatic heterocycles. The van der Waals surface area contributed by atoms with Crippen molar-refractivity contribution >= 4 is 17.2 Å². The molecule has 0 aromatic carbocycles. The molecule has 0 saturated heterocycles. The maximum atomic E-state index is 11.9. The first kappa shape index (κ1) is 15.4. The SMILES string of the molecule is O=C(Cc1csc(CCc2ccncc2)n1)NCc1ccco1. The van der Waals surface area contributed by atoms with Crippen molar-refractivity contribution in [2.45, 2.75) is 25.8 Å². The lowest BCUT2D eigenvalue weighted by Crippen LogP contribution is -2.24. The van der Waals surface area contributed by atoms with Crippen LogP contribution in [0.1, 0.15) is 22.0 Å². The Bertz CT molecular complexity index is 738. The second-order valence-corrected chi connectivity index (χ2v) is 6.06. The average molecular weight is 327 g/mol. The van der Waals surface area contributed by atoms with Gasteiger partial charge in [-0.2, -0.15) is 0 Å². The molecule has 0 fully saturated rings. The number of aromatic nitrogens is 2. The van der Waals surface area contributed by atoms with Crippen LogP contribution >= 0.6 is 11.3 Å². The Hall–Kier alpha value is -2.47. The lowest BCUT2D eigenvalue weighted by molar-refractivity contribution is -0.120. The molecule has 0 atom stereocenters. The van der Waals surface area contributed by atoms with Gasteiger partial charge in [-0.1, -0.05) is 0 Å². The van der Waals surface area contributed by atoms with Crippen LogP contribution < -0.4 is 5.32 Å². The number of hydrogen-bond acceptors (Lipinski definition) is 5. The van der Waals surface area contributed by atoms with E-state index < -0.39 is 0 Å². The summed E-state index contributed by atoms with van der Waals surface area (Å²) in [6.45, 7) is 0.408. The number of carbonyl (C=O) groups excluding carboxylic acids is 1. The van der Waals surface area contributed by atoms with E-state index in [0.29, 0.717) is 13.0 Å². The molecule has 118 valence electrons. The third-order valence-corrected chi connectivity index (χ3v) is 4.32. The number of hydrogen-bond donors (Lipinski definition) is 1. The zero-order valence-electron chi connectivity index (χ0n) is 12.6. The smallest absolute Gasteiger partial charge is 0.226 e. The van der Waals surface area contributed by atoms with Crippen molar-refractivity contribution < 1.29 is 9.21 Å². The van der Waals surface area contributed by atoms with Crippen molar-refractivity contribution in [3.05, 3.63) is 70.3 Å². The Morgan fingerprint density at radius 1 is 1.22 bits per heavy atom. The highest BCUT2D eigenvalue weighted by molar-refractivity contribution is 7.09. The minimum absolute atomic E-state index is 0.0487. The second kappa shape index (κ2) is 7.69. The zero-order valence-corrected chi connectivity index (χ0v) is 13.4. The summed E-state index contributed by atoms with van der Waals surface area (Å²) in [5, 5.41) is 5.83. The fraction of sp³-hybridized carbons (Fsp3) is 0.235. The van der Waals surface area contributed by atoms with E-state index in [-0.39, 0.29) is 5.91 Å². The van der Waals surface area contributed by atoms with Crippen LogP contribution in [-0.4, -0.2) is 15.9 Å². The maximum absolute atomic E-state index is 11.9. The van der Waals surface area contributed by atoms with Crippen LogP contribution in [0, 0.1) is 0 Å². The van der Waals surface area contributed by atoms with Crippen molar-refractivity contribution in [3.63, 3.8) is 0 Å². The normalized spacial score (nSPS) is 10.6. The molecule has 3 rings (SSSR count). The van der Waals surface area contributed by atoms with Crippen LogP contribution in [0.25, 0.3) is 0 Å². The number of carbonyl (C=O) groups is 1. The van der Waals surface area contributed by atoms with Crippen LogP contribution in [-0.2, 0) is 30.6 Å². The lowest BCUT2D eigenvalue weighted by atomic mass is 10.1. The number of thiazole rings is 1. The van der Waals surface area contributed by atoms with Gasteiger partial charge in [-0.25, -0.2) is 4.98 Å². The summed E-state index contributed by atoms with van der Waals surface area (Å²) in [7, 11) is 0. The second-order valence-electron chi connectivity index (χ2n) is 5.12. The molecule has 23 heavy (non-hydrogen) atoms. The van der Waals surface area contributed by atoms with E-state index in [1.54, 1.807) is 36.1 Å². The summed E-state index contributed by atoms with van der Waals surface area (Å²) < 4.78 is 5.18. The predicted molar refractivity (Wildman–Crippen MR) is 88.0 cm³/mol. The molecular weight excluding hydrogens is 310 g/mol. The van der Waals surface area contributed by atoms with Crippen molar-refractivity contribution in [1.82, 2.24) is 15.3 Å². The topological polar surface area (TPSA) is 68.0 Å². The van der Waals surface area contributed by atoms with E-state index in [2.05, 4.69) is 15.3 Å². The van der Waals surface area contributed by atoms with Gasteiger partial charge in [-0.15, -0.1) is 11.3 Å². The summed E-state index contributed by atoms with van der Waals surface area (Å²) in [6.07, 6.45) is 7.30. The number of aryl methyl sites for hydroxylation is 2. The Balaban J connectivity index is 1.46. The van der Waals surface area contributed by atoms with Crippen molar-refractivity contribution in [2.24, 2.45) is 0 Å². The summed E-state index contributed by atoms with van der Waals surface area (Å²) in [5.41, 5.74) is 2.06. The van der Waals surface area contributed by atoms with Gasteiger partial charge in [0.25, 0.3) is 0 Å². The van der Waals surface area contributed by atoms with Crippen molar-refractivity contribution in [2.75, 3.05) is 0 Å². The van der Waals surface area contributed by atoms with Gasteiger partial charge in [-0.3, -0.25) is 9.78 Å². The third kappa shape index (κ3) is 4.75. The number of nitrogens with zero attached hydrogens (tertiary/aromatic N) is 2. The van der Waals surface area contributed by atoms with E-state index in [9.17, 15) is 4.79 Å². The summed E-state index contributed by atoms with van der Waals surface area (Å²) in [5.74, 6) is 0.696. The lowest BCUT2D eigenvalue weighted by Gasteiger charge is -2.01. The predicted octanol–water partition coefficient (Wildman–Crippen LogP) is 2.78. The highest BCUT2D eigenvalue weighted by Gasteiger charge is 2.08. The number of nitrogens with one attached hydrogen (secondary N) is 1. The molecule has 0 bridgehead atoms. The molecule has 3 aromatic rings. The maximum Gasteiger partial charge on any atom is 0.226 e. The molecule has 1 N–H and O–H groups in total. The van der Waals surface area contributed by atoms with Gasteiger partial charge in [-0.05, 0) is 36.2 Å². The first-order valence-corrected chi connectivity index (χ1v) is 8.29. The molecule has 0 unspecified atom stereocenters. The monoisotopic (exact) mass is 327 g/mol. The Morgan fingerprint density at radius 2 is 2.09 bits per heavy atom. The molecule has 0 aliphatic heterocycles. The Morgan fingerprint density at radius 3 is 2.87 bits per heavy atom. The molecule has 1 amide bonds. The quantitative estimate of drug-likeness (QED) is 0.724. The van der Waals surface area contributed by atoms with Gasteiger partial charge in [0.05, 0.1) is 29.9 Å². The Labute approximate surface area is 138 Å². The number of amides is 1. The zero-order chi connectivity index (χ0) is 15.9. The van der Waals surface area contributed by atoms with Crippen LogP contribution in [0.15, 0.2) is 52.7 Å². The average Bonchev–Trinajstić information content (AvgIpc) is 3.24. The number of rotatable bonds is 7. The van der Waals surface area contributed by atoms with E-state index in [1.165, 1.54) is 5.56 Å². The molecule has 6 heteroatoms. The van der Waals surface area contributed by atoms with Crippen molar-refractivity contribution in [3.8, 4) is 0 Å². The number of pyridine rings is 1. The highest BCUT2D eigenvalue weighted by Crippen LogP contribution is 2.13. The van der Waals surface area contributed by atoms with Crippen LogP contribution in [0.5, 0.6) is 0 Å². The van der Waals surface area contributed by atoms with E-state index in [4.69, 9.17) is 4.42 Å². The molecule has 0 spiro atoms. The van der Waals surface area contributed by atoms with Gasteiger partial charge in [0.2, 0.25) is 5.91 Å². The van der Waals surface area contributed by atoms with Gasteiger partial charge in [0.15, 0.2) is 0 Å². The third-order valence-electron chi connectivity index (χ3n) is 3.36. The molecule has 3 heterocycles. The minimum atomic E-state index is -0.0487. The summed E-state index contributed by atoms with van der Waals surface area (Å²) in [4.78, 5) is 20.4. The van der Waals surface area contributed by atoms with Gasteiger partial charge < -0.3 is 9.73 Å². The largest absolute Gasteiger partial charge is 0.467 e. The van der Waals surface area contributed by atoms with Crippen LogP contribution in [0.3, 0.4) is 0 Å². The molecular formula is C17H17N3O2S. The number of furan rings is 1. The molecule has 0 aliphatic carbocycles. The van der Waals surface area contributed by atoms with E-state index in [1.807, 2.05) is 23.6 Å². The first-order valence-electron chi connectivity index (χ1n) is 7.41. The van der Waals surface area contributed by atoms with E-state index >= 15 is 0 Å². The minimum Gasteiger partial charge on any atom is -0.467 e. The highest BCUT2D eigenvalue weighted by atomic mass is 32.1. The van der Waals surface area contributed by atoms with Crippen molar-refractivity contribution in [1.29, 1.82) is 0 Å². The molecule has 5 nitrogen and oxygen atoms in total. The Kier molecular flexibility index (Phi) is 5.16.